The van der Waals surface area contributed by atoms with Crippen LogP contribution in [0.2, 0.25) is 16.6 Å². The molecule has 148 valence electrons. The topological polar surface area (TPSA) is 29.0 Å². The molecule has 0 saturated heterocycles. The van der Waals surface area contributed by atoms with Crippen molar-refractivity contribution in [1.82, 2.24) is 9.97 Å². The molecule has 0 amide bonds. The Bertz CT molecular complexity index is 876. The quantitative estimate of drug-likeness (QED) is 0.388. The third-order valence-electron chi connectivity index (χ3n) is 6.10. The van der Waals surface area contributed by atoms with Gasteiger partial charge >= 0.3 is 0 Å². The van der Waals surface area contributed by atoms with Gasteiger partial charge in [-0.15, -0.1) is 5.54 Å². The molecule has 1 aliphatic rings. The van der Waals surface area contributed by atoms with Gasteiger partial charge in [0.15, 0.2) is 0 Å². The smallest absolute Gasteiger partial charge is 0.229 e. The molecule has 1 aliphatic heterocycles. The van der Waals surface area contributed by atoms with Gasteiger partial charge in [0.1, 0.15) is 8.07 Å². The predicted molar refractivity (Wildman–Crippen MR) is 125 cm³/mol. The summed E-state index contributed by atoms with van der Waals surface area (Å²) in [5.74, 6) is 4.41. The molecule has 2 aromatic rings. The second kappa shape index (κ2) is 8.38. The summed E-state index contributed by atoms with van der Waals surface area (Å²) in [7, 11) is -1.79. The van der Waals surface area contributed by atoms with Gasteiger partial charge in [-0.25, -0.2) is 9.97 Å². The molecule has 0 unspecified atom stereocenters. The van der Waals surface area contributed by atoms with Crippen LogP contribution in [0.15, 0.2) is 35.1 Å². The van der Waals surface area contributed by atoms with Crippen LogP contribution in [0.3, 0.4) is 0 Å². The van der Waals surface area contributed by atoms with Crippen LogP contribution in [0.5, 0.6) is 0 Å². The van der Waals surface area contributed by atoms with Crippen molar-refractivity contribution in [3.63, 3.8) is 0 Å². The lowest BCUT2D eigenvalue weighted by Gasteiger charge is -2.38. The molecule has 0 bridgehead atoms. The van der Waals surface area contributed by atoms with Crippen LogP contribution in [-0.2, 0) is 6.42 Å². The Labute approximate surface area is 179 Å². The molecule has 1 aromatic heterocycles. The Morgan fingerprint density at radius 1 is 1.00 bits per heavy atom. The van der Waals surface area contributed by atoms with E-state index >= 15 is 0 Å². The second-order valence-corrected chi connectivity index (χ2v) is 15.1. The number of nitrogens with zero attached hydrogens (tertiary/aromatic N) is 3. The SMILES string of the molecule is CC(C)[Si](C#Cc1cc(Br)cc2c1N(c1ncccn1)CC2)(C(C)C)C(C)C. The normalized spacial score (nSPS) is 13.9. The van der Waals surface area contributed by atoms with E-state index in [1.807, 2.05) is 6.07 Å². The minimum atomic E-state index is -1.79. The highest BCUT2D eigenvalue weighted by molar-refractivity contribution is 9.10. The Balaban J connectivity index is 2.14. The molecule has 0 saturated carbocycles. The van der Waals surface area contributed by atoms with Gasteiger partial charge < -0.3 is 4.90 Å². The molecular weight excluding hydrogens is 426 g/mol. The molecule has 28 heavy (non-hydrogen) atoms. The average molecular weight is 457 g/mol. The zero-order valence-electron chi connectivity index (χ0n) is 17.8. The number of halogens is 1. The summed E-state index contributed by atoms with van der Waals surface area (Å²) in [6.07, 6.45) is 4.60. The molecule has 0 radical (unpaired) electrons. The van der Waals surface area contributed by atoms with Crippen LogP contribution < -0.4 is 4.90 Å². The Morgan fingerprint density at radius 3 is 2.18 bits per heavy atom. The van der Waals surface area contributed by atoms with Gasteiger partial charge in [0.2, 0.25) is 5.95 Å². The largest absolute Gasteiger partial charge is 0.309 e. The number of benzene rings is 1. The van der Waals surface area contributed by atoms with Crippen molar-refractivity contribution in [2.24, 2.45) is 0 Å². The zero-order chi connectivity index (χ0) is 20.5. The van der Waals surface area contributed by atoms with Gasteiger partial charge in [0, 0.05) is 29.0 Å². The van der Waals surface area contributed by atoms with Crippen molar-refractivity contribution in [3.8, 4) is 11.5 Å². The molecular formula is C23H30BrN3Si. The maximum absolute atomic E-state index is 4.48. The summed E-state index contributed by atoms with van der Waals surface area (Å²) in [5.41, 5.74) is 9.32. The van der Waals surface area contributed by atoms with E-state index in [1.54, 1.807) is 12.4 Å². The van der Waals surface area contributed by atoms with E-state index in [1.165, 1.54) is 11.3 Å². The molecule has 1 aromatic carbocycles. The monoisotopic (exact) mass is 455 g/mol. The summed E-state index contributed by atoms with van der Waals surface area (Å²) >= 11 is 3.69. The minimum Gasteiger partial charge on any atom is -0.309 e. The molecule has 5 heteroatoms. The van der Waals surface area contributed by atoms with Gasteiger partial charge in [0.05, 0.1) is 5.69 Å². The van der Waals surface area contributed by atoms with Crippen molar-refractivity contribution in [2.75, 3.05) is 11.4 Å². The molecule has 0 atom stereocenters. The zero-order valence-corrected chi connectivity index (χ0v) is 20.3. The lowest BCUT2D eigenvalue weighted by molar-refractivity contribution is 0.838. The number of hydrogen-bond donors (Lipinski definition) is 0. The van der Waals surface area contributed by atoms with Gasteiger partial charge in [-0.2, -0.15) is 0 Å². The summed E-state index contributed by atoms with van der Waals surface area (Å²) in [4.78, 5) is 11.2. The van der Waals surface area contributed by atoms with E-state index in [0.717, 1.165) is 29.0 Å². The van der Waals surface area contributed by atoms with E-state index in [9.17, 15) is 0 Å². The Hall–Kier alpha value is -1.64. The highest BCUT2D eigenvalue weighted by Crippen LogP contribution is 2.42. The molecule has 0 N–H and O–H groups in total. The lowest BCUT2D eigenvalue weighted by atomic mass is 10.1. The van der Waals surface area contributed by atoms with E-state index in [4.69, 9.17) is 0 Å². The Morgan fingerprint density at radius 2 is 1.61 bits per heavy atom. The second-order valence-electron chi connectivity index (χ2n) is 8.56. The summed E-state index contributed by atoms with van der Waals surface area (Å²) in [6.45, 7) is 15.0. The highest BCUT2D eigenvalue weighted by Gasteiger charge is 2.41. The van der Waals surface area contributed by atoms with Crippen LogP contribution in [0.1, 0.15) is 52.7 Å². The third-order valence-corrected chi connectivity index (χ3v) is 12.8. The minimum absolute atomic E-state index is 0.619. The first-order chi connectivity index (χ1) is 13.3. The molecule has 3 rings (SSSR count). The first-order valence-corrected chi connectivity index (χ1v) is 13.2. The maximum atomic E-state index is 4.48. The lowest BCUT2D eigenvalue weighted by Crippen LogP contribution is -2.43. The highest BCUT2D eigenvalue weighted by atomic mass is 79.9. The first kappa shape index (κ1) is 21.1. The van der Waals surface area contributed by atoms with Gasteiger partial charge in [-0.3, -0.25) is 0 Å². The fourth-order valence-electron chi connectivity index (χ4n) is 4.84. The van der Waals surface area contributed by atoms with Crippen molar-refractivity contribution < 1.29 is 0 Å². The average Bonchev–Trinajstić information content (AvgIpc) is 3.05. The van der Waals surface area contributed by atoms with Gasteiger partial charge in [-0.1, -0.05) is 63.4 Å². The van der Waals surface area contributed by atoms with E-state index in [0.29, 0.717) is 16.6 Å². The fourth-order valence-corrected chi connectivity index (χ4v) is 10.6. The summed E-state index contributed by atoms with van der Waals surface area (Å²) < 4.78 is 1.09. The molecule has 3 nitrogen and oxygen atoms in total. The summed E-state index contributed by atoms with van der Waals surface area (Å²) in [5, 5.41) is 0. The van der Waals surface area contributed by atoms with Crippen molar-refractivity contribution in [3.05, 3.63) is 46.2 Å². The van der Waals surface area contributed by atoms with Crippen LogP contribution in [0.25, 0.3) is 0 Å². The number of anilines is 2. The number of hydrogen-bond acceptors (Lipinski definition) is 3. The fraction of sp³-hybridized carbons (Fsp3) is 0.478. The van der Waals surface area contributed by atoms with E-state index < -0.39 is 8.07 Å². The first-order valence-electron chi connectivity index (χ1n) is 10.2. The van der Waals surface area contributed by atoms with Crippen LogP contribution in [0.4, 0.5) is 11.6 Å². The molecule has 0 fully saturated rings. The van der Waals surface area contributed by atoms with Crippen molar-refractivity contribution in [1.29, 1.82) is 0 Å². The van der Waals surface area contributed by atoms with Crippen LogP contribution in [-0.4, -0.2) is 24.6 Å². The molecule has 2 heterocycles. The van der Waals surface area contributed by atoms with E-state index in [-0.39, 0.29) is 0 Å². The van der Waals surface area contributed by atoms with Crippen molar-refractivity contribution >= 4 is 35.6 Å². The molecule has 0 spiro atoms. The van der Waals surface area contributed by atoms with E-state index in [2.05, 4.69) is 95.9 Å². The maximum Gasteiger partial charge on any atom is 0.229 e. The standard InChI is InChI=1S/C23H30BrN3Si/c1-16(2)28(17(3)4,18(5)6)13-9-20-15-21(24)14-19-8-12-27(22(19)20)23-25-10-7-11-26-23/h7,10-11,14-18H,8,12H2,1-6H3. The van der Waals surface area contributed by atoms with Crippen molar-refractivity contribution in [2.45, 2.75) is 64.6 Å². The molecule has 0 aliphatic carbocycles. The predicted octanol–water partition coefficient (Wildman–Crippen LogP) is 6.50. The number of rotatable bonds is 4. The van der Waals surface area contributed by atoms with Crippen LogP contribution >= 0.6 is 15.9 Å². The summed E-state index contributed by atoms with van der Waals surface area (Å²) in [6, 6.07) is 6.23. The number of fused-ring (bicyclic) bond motifs is 1. The number of aromatic nitrogens is 2. The third kappa shape index (κ3) is 3.77. The van der Waals surface area contributed by atoms with Gasteiger partial charge in [-0.05, 0) is 46.8 Å². The Kier molecular flexibility index (Phi) is 6.31. The van der Waals surface area contributed by atoms with Crippen LogP contribution in [0, 0.1) is 11.5 Å². The van der Waals surface area contributed by atoms with Gasteiger partial charge in [0.25, 0.3) is 0 Å².